The highest BCUT2D eigenvalue weighted by atomic mass is 16.5. The fraction of sp³-hybridized carbons (Fsp3) is 0.467. The number of likely N-dealkylation sites (tertiary alicyclic amines) is 1. The molecule has 198 valence electrons. The zero-order valence-corrected chi connectivity index (χ0v) is 22.2. The molecule has 2 aromatic carbocycles. The van der Waals surface area contributed by atoms with Gasteiger partial charge in [-0.25, -0.2) is 0 Å². The zero-order valence-electron chi connectivity index (χ0n) is 22.2. The van der Waals surface area contributed by atoms with E-state index in [2.05, 4.69) is 11.8 Å². The van der Waals surface area contributed by atoms with Crippen molar-refractivity contribution in [2.24, 2.45) is 0 Å². The Hall–Kier alpha value is -3.16. The Morgan fingerprint density at radius 1 is 1.03 bits per heavy atom. The van der Waals surface area contributed by atoms with Gasteiger partial charge in [0.1, 0.15) is 11.5 Å². The van der Waals surface area contributed by atoms with E-state index in [0.29, 0.717) is 18.7 Å². The van der Waals surface area contributed by atoms with Crippen LogP contribution in [0.25, 0.3) is 5.76 Å². The SMILES string of the molecule is CCCCOc1ccc(C(O)=C2C(=O)C(=O)N(CCCN3CCOCC3)[C@@H]2c2ccc(C)cc2)c(C)c1. The van der Waals surface area contributed by atoms with Crippen LogP contribution >= 0.6 is 0 Å². The van der Waals surface area contributed by atoms with Crippen molar-refractivity contribution >= 4 is 17.4 Å². The number of amides is 1. The Morgan fingerprint density at radius 2 is 1.76 bits per heavy atom. The number of ether oxygens (including phenoxy) is 2. The number of hydrogen-bond donors (Lipinski definition) is 1. The van der Waals surface area contributed by atoms with Crippen LogP contribution in [-0.4, -0.2) is 72.6 Å². The first-order chi connectivity index (χ1) is 17.9. The van der Waals surface area contributed by atoms with E-state index < -0.39 is 17.7 Å². The second-order valence-corrected chi connectivity index (χ2v) is 9.89. The fourth-order valence-electron chi connectivity index (χ4n) is 4.97. The molecule has 0 aromatic heterocycles. The predicted molar refractivity (Wildman–Crippen MR) is 144 cm³/mol. The van der Waals surface area contributed by atoms with E-state index >= 15 is 0 Å². The molecule has 0 aliphatic carbocycles. The molecule has 37 heavy (non-hydrogen) atoms. The largest absolute Gasteiger partial charge is 0.507 e. The molecule has 0 spiro atoms. The van der Waals surface area contributed by atoms with Crippen LogP contribution in [0, 0.1) is 13.8 Å². The van der Waals surface area contributed by atoms with E-state index in [1.807, 2.05) is 44.2 Å². The highest BCUT2D eigenvalue weighted by Crippen LogP contribution is 2.40. The summed E-state index contributed by atoms with van der Waals surface area (Å²) in [4.78, 5) is 30.5. The second kappa shape index (κ2) is 12.4. The lowest BCUT2D eigenvalue weighted by Gasteiger charge is -2.29. The van der Waals surface area contributed by atoms with Crippen molar-refractivity contribution in [2.75, 3.05) is 46.0 Å². The molecule has 2 aliphatic rings. The van der Waals surface area contributed by atoms with Gasteiger partial charge in [0.05, 0.1) is 31.4 Å². The average molecular weight is 507 g/mol. The number of benzene rings is 2. The molecule has 0 radical (unpaired) electrons. The Balaban J connectivity index is 1.64. The third-order valence-corrected chi connectivity index (χ3v) is 7.13. The molecule has 0 saturated carbocycles. The van der Waals surface area contributed by atoms with Crippen LogP contribution < -0.4 is 4.74 Å². The summed E-state index contributed by atoms with van der Waals surface area (Å²) in [5.41, 5.74) is 3.36. The smallest absolute Gasteiger partial charge is 0.295 e. The molecular formula is C30H38N2O5. The number of rotatable bonds is 10. The summed E-state index contributed by atoms with van der Waals surface area (Å²) in [7, 11) is 0. The monoisotopic (exact) mass is 506 g/mol. The Bertz CT molecular complexity index is 1140. The number of aryl methyl sites for hydroxylation is 2. The lowest BCUT2D eigenvalue weighted by atomic mass is 9.93. The number of aliphatic hydroxyl groups is 1. The molecule has 7 heteroatoms. The molecule has 1 amide bonds. The van der Waals surface area contributed by atoms with E-state index in [1.54, 1.807) is 17.0 Å². The van der Waals surface area contributed by atoms with Gasteiger partial charge in [-0.15, -0.1) is 0 Å². The van der Waals surface area contributed by atoms with E-state index in [1.165, 1.54) is 0 Å². The van der Waals surface area contributed by atoms with Crippen molar-refractivity contribution < 1.29 is 24.2 Å². The van der Waals surface area contributed by atoms with Crippen molar-refractivity contribution in [3.05, 3.63) is 70.3 Å². The maximum atomic E-state index is 13.3. The van der Waals surface area contributed by atoms with E-state index in [-0.39, 0.29) is 11.3 Å². The number of carbonyl (C=O) groups is 2. The number of carbonyl (C=O) groups excluding carboxylic acids is 2. The summed E-state index contributed by atoms with van der Waals surface area (Å²) in [5.74, 6) is -0.623. The normalized spacial score (nSPS) is 20.0. The number of ketones is 1. The summed E-state index contributed by atoms with van der Waals surface area (Å²) < 4.78 is 11.2. The van der Waals surface area contributed by atoms with Crippen LogP contribution in [0.3, 0.4) is 0 Å². The number of nitrogens with zero attached hydrogens (tertiary/aromatic N) is 2. The molecule has 0 bridgehead atoms. The Kier molecular flexibility index (Phi) is 9.00. The summed E-state index contributed by atoms with van der Waals surface area (Å²) >= 11 is 0. The maximum Gasteiger partial charge on any atom is 0.295 e. The van der Waals surface area contributed by atoms with Gasteiger partial charge in [0.15, 0.2) is 0 Å². The number of unbranched alkanes of at least 4 members (excludes halogenated alkanes) is 1. The van der Waals surface area contributed by atoms with Gasteiger partial charge in [0, 0.05) is 31.7 Å². The van der Waals surface area contributed by atoms with Crippen molar-refractivity contribution in [1.29, 1.82) is 0 Å². The Morgan fingerprint density at radius 3 is 2.43 bits per heavy atom. The molecule has 2 heterocycles. The lowest BCUT2D eigenvalue weighted by Crippen LogP contribution is -2.38. The van der Waals surface area contributed by atoms with Crippen molar-refractivity contribution in [2.45, 2.75) is 46.1 Å². The van der Waals surface area contributed by atoms with Gasteiger partial charge < -0.3 is 19.5 Å². The summed E-state index contributed by atoms with van der Waals surface area (Å²) in [6, 6.07) is 12.6. The van der Waals surface area contributed by atoms with Gasteiger partial charge in [0.25, 0.3) is 11.7 Å². The molecule has 2 aliphatic heterocycles. The fourth-order valence-corrected chi connectivity index (χ4v) is 4.97. The first-order valence-electron chi connectivity index (χ1n) is 13.3. The molecule has 2 aromatic rings. The van der Waals surface area contributed by atoms with Crippen molar-refractivity contribution in [1.82, 2.24) is 9.80 Å². The topological polar surface area (TPSA) is 79.3 Å². The maximum absolute atomic E-state index is 13.3. The van der Waals surface area contributed by atoms with Crippen molar-refractivity contribution in [3.8, 4) is 5.75 Å². The number of morpholine rings is 1. The van der Waals surface area contributed by atoms with Gasteiger partial charge in [-0.2, -0.15) is 0 Å². The molecule has 4 rings (SSSR count). The minimum atomic E-state index is -0.642. The number of aliphatic hydroxyl groups excluding tert-OH is 1. The quantitative estimate of drug-likeness (QED) is 0.219. The van der Waals surface area contributed by atoms with Gasteiger partial charge >= 0.3 is 0 Å². The van der Waals surface area contributed by atoms with Gasteiger partial charge in [-0.3, -0.25) is 14.5 Å². The summed E-state index contributed by atoms with van der Waals surface area (Å²) in [6.45, 7) is 11.0. The first kappa shape index (κ1) is 26.9. The standard InChI is InChI=1S/C30H38N2O5/c1-4-5-17-37-24-11-12-25(22(3)20-24)28(33)26-27(23-9-7-21(2)8-10-23)32(30(35)29(26)34)14-6-13-31-15-18-36-19-16-31/h7-12,20,27,33H,4-6,13-19H2,1-3H3/t27-/m1/s1. The minimum absolute atomic E-state index is 0.141. The van der Waals surface area contributed by atoms with Crippen LogP contribution in [0.15, 0.2) is 48.0 Å². The number of Topliss-reactive ketones (excluding diaryl/α,β-unsaturated/α-hetero) is 1. The van der Waals surface area contributed by atoms with Gasteiger partial charge in [-0.05, 0) is 56.0 Å². The van der Waals surface area contributed by atoms with Crippen LogP contribution in [0.5, 0.6) is 5.75 Å². The highest BCUT2D eigenvalue weighted by molar-refractivity contribution is 6.46. The predicted octanol–water partition coefficient (Wildman–Crippen LogP) is 4.63. The van der Waals surface area contributed by atoms with Gasteiger partial charge in [0.2, 0.25) is 0 Å². The third-order valence-electron chi connectivity index (χ3n) is 7.13. The van der Waals surface area contributed by atoms with Crippen LogP contribution in [0.4, 0.5) is 0 Å². The molecule has 7 nitrogen and oxygen atoms in total. The van der Waals surface area contributed by atoms with Crippen LogP contribution in [-0.2, 0) is 14.3 Å². The Labute approximate surface area is 219 Å². The van der Waals surface area contributed by atoms with Crippen molar-refractivity contribution in [3.63, 3.8) is 0 Å². The first-order valence-corrected chi connectivity index (χ1v) is 13.3. The van der Waals surface area contributed by atoms with E-state index in [9.17, 15) is 14.7 Å². The third kappa shape index (κ3) is 6.22. The van der Waals surface area contributed by atoms with E-state index in [0.717, 1.165) is 74.6 Å². The minimum Gasteiger partial charge on any atom is -0.507 e. The van der Waals surface area contributed by atoms with E-state index in [4.69, 9.17) is 9.47 Å². The average Bonchev–Trinajstić information content (AvgIpc) is 3.15. The molecule has 2 fully saturated rings. The van der Waals surface area contributed by atoms with Crippen LogP contribution in [0.1, 0.15) is 54.5 Å². The molecular weight excluding hydrogens is 468 g/mol. The molecule has 1 N–H and O–H groups in total. The van der Waals surface area contributed by atoms with Crippen LogP contribution in [0.2, 0.25) is 0 Å². The molecule has 2 saturated heterocycles. The molecule has 1 atom stereocenters. The second-order valence-electron chi connectivity index (χ2n) is 9.89. The zero-order chi connectivity index (χ0) is 26.4. The summed E-state index contributed by atoms with van der Waals surface area (Å²) in [6.07, 6.45) is 2.74. The summed E-state index contributed by atoms with van der Waals surface area (Å²) in [5, 5.41) is 11.4. The highest BCUT2D eigenvalue weighted by Gasteiger charge is 2.45. The van der Waals surface area contributed by atoms with Gasteiger partial charge in [-0.1, -0.05) is 43.2 Å². The number of hydrogen-bond acceptors (Lipinski definition) is 6. The lowest BCUT2D eigenvalue weighted by molar-refractivity contribution is -0.140. The molecule has 0 unspecified atom stereocenters.